The van der Waals surface area contributed by atoms with Crippen molar-refractivity contribution < 1.29 is 13.6 Å². The Morgan fingerprint density at radius 1 is 1.12 bits per heavy atom. The van der Waals surface area contributed by atoms with Crippen LogP contribution in [0.15, 0.2) is 48.8 Å². The highest BCUT2D eigenvalue weighted by molar-refractivity contribution is 6.00. The van der Waals surface area contributed by atoms with Crippen LogP contribution in [-0.2, 0) is 13.5 Å². The normalized spacial score (nSPS) is 19.2. The molecule has 0 radical (unpaired) electrons. The Labute approximate surface area is 194 Å². The van der Waals surface area contributed by atoms with E-state index in [-0.39, 0.29) is 18.0 Å². The van der Waals surface area contributed by atoms with E-state index in [0.717, 1.165) is 36.6 Å². The van der Waals surface area contributed by atoms with E-state index in [9.17, 15) is 13.6 Å². The third kappa shape index (κ3) is 3.22. The van der Waals surface area contributed by atoms with Gasteiger partial charge in [0.25, 0.3) is 5.91 Å². The highest BCUT2D eigenvalue weighted by atomic mass is 19.1. The first-order valence-electron chi connectivity index (χ1n) is 11.3. The lowest BCUT2D eigenvalue weighted by Crippen LogP contribution is -2.50. The molecule has 34 heavy (non-hydrogen) atoms. The Morgan fingerprint density at radius 3 is 2.68 bits per heavy atom. The number of fused-ring (bicyclic) bond motifs is 4. The number of halogens is 2. The van der Waals surface area contributed by atoms with Crippen molar-refractivity contribution in [2.24, 2.45) is 7.05 Å². The van der Waals surface area contributed by atoms with Crippen LogP contribution in [0.4, 0.5) is 8.78 Å². The van der Waals surface area contributed by atoms with Gasteiger partial charge < -0.3 is 4.90 Å². The first-order chi connectivity index (χ1) is 16.5. The number of hydrogen-bond donors (Lipinski definition) is 1. The zero-order valence-corrected chi connectivity index (χ0v) is 18.5. The molecule has 7 nitrogen and oxygen atoms in total. The molecule has 1 saturated heterocycles. The summed E-state index contributed by atoms with van der Waals surface area (Å²) in [5.74, 6) is -0.778. The van der Waals surface area contributed by atoms with Crippen molar-refractivity contribution in [2.45, 2.75) is 37.8 Å². The predicted molar refractivity (Wildman–Crippen MR) is 121 cm³/mol. The topological polar surface area (TPSA) is 79.7 Å². The number of nitrogens with one attached hydrogen (secondary N) is 1. The van der Waals surface area contributed by atoms with E-state index in [4.69, 9.17) is 5.10 Å². The van der Waals surface area contributed by atoms with Gasteiger partial charge in [-0.3, -0.25) is 14.6 Å². The number of aromatic nitrogens is 5. The van der Waals surface area contributed by atoms with Gasteiger partial charge in [0.1, 0.15) is 18.0 Å². The van der Waals surface area contributed by atoms with Gasteiger partial charge >= 0.3 is 0 Å². The van der Waals surface area contributed by atoms with Crippen molar-refractivity contribution in [2.75, 3.05) is 0 Å². The molecule has 2 aromatic heterocycles. The second kappa shape index (κ2) is 7.86. The summed E-state index contributed by atoms with van der Waals surface area (Å²) in [4.78, 5) is 20.1. The molecular formula is C25H22F2N6O. The van der Waals surface area contributed by atoms with E-state index in [1.54, 1.807) is 11.7 Å². The van der Waals surface area contributed by atoms with E-state index < -0.39 is 11.6 Å². The lowest BCUT2D eigenvalue weighted by Gasteiger charge is -2.45. The first-order valence-corrected chi connectivity index (χ1v) is 11.3. The molecule has 0 saturated carbocycles. The lowest BCUT2D eigenvalue weighted by molar-refractivity contribution is 0.0392. The Bertz CT molecular complexity index is 1380. The molecule has 9 heteroatoms. The summed E-state index contributed by atoms with van der Waals surface area (Å²) in [6.07, 6.45) is 4.64. The minimum absolute atomic E-state index is 0.0251. The summed E-state index contributed by atoms with van der Waals surface area (Å²) >= 11 is 0. The van der Waals surface area contributed by atoms with Gasteiger partial charge in [-0.1, -0.05) is 18.2 Å². The molecule has 2 aliphatic rings. The molecule has 4 heterocycles. The summed E-state index contributed by atoms with van der Waals surface area (Å²) in [5, 5.41) is 11.5. The number of hydrogen-bond acceptors (Lipinski definition) is 4. The van der Waals surface area contributed by atoms with E-state index in [1.165, 1.54) is 18.5 Å². The molecule has 1 amide bonds. The van der Waals surface area contributed by atoms with Crippen LogP contribution in [-0.4, -0.2) is 41.8 Å². The molecule has 6 rings (SSSR count). The summed E-state index contributed by atoms with van der Waals surface area (Å²) in [7, 11) is 1.78. The van der Waals surface area contributed by atoms with Crippen molar-refractivity contribution in [3.63, 3.8) is 0 Å². The molecule has 2 atom stereocenters. The van der Waals surface area contributed by atoms with Crippen LogP contribution >= 0.6 is 0 Å². The maximum atomic E-state index is 14.0. The zero-order valence-electron chi connectivity index (χ0n) is 18.5. The monoisotopic (exact) mass is 460 g/mol. The molecule has 1 N–H and O–H groups in total. The second-order valence-electron chi connectivity index (χ2n) is 8.89. The number of H-pyrrole nitrogens is 1. The number of benzene rings is 2. The average Bonchev–Trinajstić information content (AvgIpc) is 3.45. The van der Waals surface area contributed by atoms with Crippen LogP contribution in [0.3, 0.4) is 0 Å². The molecule has 2 aromatic carbocycles. The number of aromatic amines is 1. The number of nitrogens with zero attached hydrogens (tertiary/aromatic N) is 5. The van der Waals surface area contributed by atoms with Crippen LogP contribution in [0, 0.1) is 11.6 Å². The number of piperidine rings is 1. The van der Waals surface area contributed by atoms with Crippen LogP contribution in [0.5, 0.6) is 0 Å². The van der Waals surface area contributed by atoms with Crippen LogP contribution < -0.4 is 0 Å². The van der Waals surface area contributed by atoms with Crippen molar-refractivity contribution in [1.82, 2.24) is 29.9 Å². The van der Waals surface area contributed by atoms with Gasteiger partial charge in [0.05, 0.1) is 23.0 Å². The van der Waals surface area contributed by atoms with Crippen LogP contribution in [0.1, 0.15) is 46.9 Å². The van der Waals surface area contributed by atoms with Gasteiger partial charge in [0.2, 0.25) is 0 Å². The fourth-order valence-electron chi connectivity index (χ4n) is 5.55. The molecule has 172 valence electrons. The average molecular weight is 460 g/mol. The Morgan fingerprint density at radius 2 is 1.91 bits per heavy atom. The van der Waals surface area contributed by atoms with Gasteiger partial charge in [-0.15, -0.1) is 0 Å². The number of carbonyl (C=O) groups excluding carboxylic acids is 1. The van der Waals surface area contributed by atoms with Gasteiger partial charge in [0, 0.05) is 35.8 Å². The number of aryl methyl sites for hydroxylation is 1. The van der Waals surface area contributed by atoms with E-state index in [2.05, 4.69) is 15.2 Å². The molecule has 2 unspecified atom stereocenters. The minimum Gasteiger partial charge on any atom is -0.327 e. The van der Waals surface area contributed by atoms with E-state index >= 15 is 0 Å². The van der Waals surface area contributed by atoms with Crippen LogP contribution in [0.25, 0.3) is 22.6 Å². The molecule has 1 fully saturated rings. The maximum absolute atomic E-state index is 14.0. The van der Waals surface area contributed by atoms with Crippen LogP contribution in [0.2, 0.25) is 0 Å². The number of amides is 1. The molecule has 0 spiro atoms. The van der Waals surface area contributed by atoms with Crippen molar-refractivity contribution >= 4 is 5.91 Å². The molecule has 4 aromatic rings. The Hall–Kier alpha value is -3.88. The molecule has 0 aliphatic carbocycles. The smallest absolute Gasteiger partial charge is 0.255 e. The molecular weight excluding hydrogens is 438 g/mol. The van der Waals surface area contributed by atoms with Crippen molar-refractivity contribution in [3.8, 4) is 22.6 Å². The number of rotatable bonds is 3. The predicted octanol–water partition coefficient (Wildman–Crippen LogP) is 4.44. The minimum atomic E-state index is -0.623. The Balaban J connectivity index is 1.44. The van der Waals surface area contributed by atoms with Gasteiger partial charge in [-0.05, 0) is 43.9 Å². The fourth-order valence-corrected chi connectivity index (χ4v) is 5.55. The van der Waals surface area contributed by atoms with E-state index in [0.29, 0.717) is 34.6 Å². The summed E-state index contributed by atoms with van der Waals surface area (Å²) < 4.78 is 29.7. The standard InChI is InChI=1S/C25H22F2N6O/c1-32-23(14-9-15(26)11-16(27)10-14)20-12-17-5-4-8-21(22(20)31-32)33(17)25(34)19-7-3-2-6-18(19)24-28-13-29-30-24/h2-3,6-7,9-11,13,17,21H,4-5,8,12H2,1H3,(H,28,29,30). The van der Waals surface area contributed by atoms with Gasteiger partial charge in [-0.25, -0.2) is 13.8 Å². The summed E-state index contributed by atoms with van der Waals surface area (Å²) in [6, 6.07) is 10.7. The van der Waals surface area contributed by atoms with Crippen molar-refractivity contribution in [1.29, 1.82) is 0 Å². The highest BCUT2D eigenvalue weighted by Gasteiger charge is 2.44. The fraction of sp³-hybridized carbons (Fsp3) is 0.280. The largest absolute Gasteiger partial charge is 0.327 e. The number of carbonyl (C=O) groups is 1. The Kier molecular flexibility index (Phi) is 4.79. The SMILES string of the molecule is Cn1nc2c(c1-c1cc(F)cc(F)c1)CC1CCCC2N1C(=O)c1ccccc1-c1ncn[nH]1. The summed E-state index contributed by atoms with van der Waals surface area (Å²) in [6.45, 7) is 0. The lowest BCUT2D eigenvalue weighted by atomic mass is 9.81. The first kappa shape index (κ1) is 20.7. The second-order valence-corrected chi connectivity index (χ2v) is 8.89. The summed E-state index contributed by atoms with van der Waals surface area (Å²) in [5.41, 5.74) is 4.20. The molecule has 2 aliphatic heterocycles. The maximum Gasteiger partial charge on any atom is 0.255 e. The molecule has 2 bridgehead atoms. The third-order valence-corrected chi connectivity index (χ3v) is 6.87. The van der Waals surface area contributed by atoms with E-state index in [1.807, 2.05) is 29.2 Å². The van der Waals surface area contributed by atoms with Crippen molar-refractivity contribution in [3.05, 3.63) is 77.2 Å². The quantitative estimate of drug-likeness (QED) is 0.490. The van der Waals surface area contributed by atoms with Gasteiger partial charge in [-0.2, -0.15) is 10.2 Å². The third-order valence-electron chi connectivity index (χ3n) is 6.87. The highest BCUT2D eigenvalue weighted by Crippen LogP contribution is 2.45. The zero-order chi connectivity index (χ0) is 23.4. The van der Waals surface area contributed by atoms with Gasteiger partial charge in [0.15, 0.2) is 5.82 Å².